The Morgan fingerprint density at radius 2 is 1.56 bits per heavy atom. The van der Waals surface area contributed by atoms with Gasteiger partial charge >= 0.3 is 5.97 Å². The summed E-state index contributed by atoms with van der Waals surface area (Å²) in [5.74, 6) is 0.0295. The first kappa shape index (κ1) is 33.0. The van der Waals surface area contributed by atoms with Crippen molar-refractivity contribution in [1.82, 2.24) is 0 Å². The summed E-state index contributed by atoms with van der Waals surface area (Å²) in [6.45, 7) is 15.1. The van der Waals surface area contributed by atoms with Gasteiger partial charge in [0.15, 0.2) is 12.6 Å². The second-order valence-corrected chi connectivity index (χ2v) is 18.9. The zero-order chi connectivity index (χ0) is 34.2. The van der Waals surface area contributed by atoms with Gasteiger partial charge in [0, 0.05) is 18.8 Å². The molecule has 0 amide bonds. The van der Waals surface area contributed by atoms with Crippen LogP contribution in [0.25, 0.3) is 0 Å². The third-order valence-electron chi connectivity index (χ3n) is 16.8. The number of hydrogen-bond donors (Lipinski definition) is 4. The zero-order valence-corrected chi connectivity index (χ0v) is 29.5. The molecule has 48 heavy (non-hydrogen) atoms. The Labute approximate surface area is 283 Å². The number of epoxide rings is 1. The van der Waals surface area contributed by atoms with Crippen molar-refractivity contribution in [2.75, 3.05) is 6.61 Å². The van der Waals surface area contributed by atoms with E-state index < -0.39 is 42.3 Å². The molecule has 11 nitrogen and oxygen atoms in total. The van der Waals surface area contributed by atoms with Gasteiger partial charge in [-0.1, -0.05) is 34.6 Å². The molecule has 0 aromatic carbocycles. The van der Waals surface area contributed by atoms with Gasteiger partial charge in [-0.25, -0.2) is 0 Å². The highest BCUT2D eigenvalue weighted by Gasteiger charge is 2.87. The average Bonchev–Trinajstić information content (AvgIpc) is 3.84. The maximum absolute atomic E-state index is 12.9. The van der Waals surface area contributed by atoms with Gasteiger partial charge in [-0.3, -0.25) is 4.79 Å². The predicted octanol–water partition coefficient (Wildman–Crippen LogP) is 3.03. The van der Waals surface area contributed by atoms with Crippen molar-refractivity contribution < 1.29 is 53.6 Å². The molecule has 270 valence electrons. The minimum atomic E-state index is -1.31. The minimum Gasteiger partial charge on any atom is -0.462 e. The minimum absolute atomic E-state index is 0.0420. The molecule has 5 saturated carbocycles. The maximum Gasteiger partial charge on any atom is 0.302 e. The van der Waals surface area contributed by atoms with Crippen LogP contribution in [0.4, 0.5) is 0 Å². The van der Waals surface area contributed by atoms with E-state index >= 15 is 0 Å². The van der Waals surface area contributed by atoms with Crippen molar-refractivity contribution in [3.05, 3.63) is 0 Å². The standard InChI is InChI=1S/C37H56O11/c1-17-12-37(29-34(7,47-29)30(42)48-37)46-20-13-32(5)22-9-8-21-31(3,4)23(45-28-27(41)26(40)19(39)15-43-28)10-11-35(21)16-36(22,35)14-24(44-18(2)38)33(32,6)25(17)20/h17,19-30,39-42H,8-16H2,1-7H3/t17?,19?,20?,21-,22-,23?,24?,25-,26?,27?,28?,29?,30?,32-,33+,34-,35+,36-,37+/m0/s1. The first-order valence-corrected chi connectivity index (χ1v) is 18.6. The van der Waals surface area contributed by atoms with Crippen LogP contribution in [0.15, 0.2) is 0 Å². The van der Waals surface area contributed by atoms with Gasteiger partial charge in [-0.15, -0.1) is 0 Å². The molecular weight excluding hydrogens is 620 g/mol. The Balaban J connectivity index is 1.03. The summed E-state index contributed by atoms with van der Waals surface area (Å²) in [6.07, 6.45) is 0.880. The van der Waals surface area contributed by atoms with Gasteiger partial charge < -0.3 is 48.8 Å². The van der Waals surface area contributed by atoms with Crippen molar-refractivity contribution in [3.8, 4) is 0 Å². The van der Waals surface area contributed by atoms with Crippen LogP contribution in [0.3, 0.4) is 0 Å². The molecule has 19 atom stereocenters. The number of aliphatic hydroxyl groups excluding tert-OH is 4. The van der Waals surface area contributed by atoms with E-state index in [1.54, 1.807) is 6.92 Å². The van der Waals surface area contributed by atoms with Gasteiger partial charge in [0.1, 0.15) is 36.1 Å². The van der Waals surface area contributed by atoms with Crippen molar-refractivity contribution in [2.24, 2.45) is 50.7 Å². The van der Waals surface area contributed by atoms with Crippen LogP contribution < -0.4 is 0 Å². The van der Waals surface area contributed by atoms with Gasteiger partial charge in [-0.2, -0.15) is 0 Å². The second-order valence-electron chi connectivity index (χ2n) is 18.9. The molecule has 0 aromatic heterocycles. The summed E-state index contributed by atoms with van der Waals surface area (Å²) in [6, 6.07) is 0. The van der Waals surface area contributed by atoms with Crippen LogP contribution in [-0.2, 0) is 33.2 Å². The fourth-order valence-electron chi connectivity index (χ4n) is 14.6. The van der Waals surface area contributed by atoms with Gasteiger partial charge in [0.05, 0.1) is 18.8 Å². The van der Waals surface area contributed by atoms with E-state index in [0.717, 1.165) is 44.9 Å². The highest BCUT2D eigenvalue weighted by Crippen LogP contribution is 2.89. The Morgan fingerprint density at radius 3 is 2.23 bits per heavy atom. The van der Waals surface area contributed by atoms with Crippen molar-refractivity contribution in [3.63, 3.8) is 0 Å². The normalized spacial score (nSPS) is 63.3. The third-order valence-corrected chi connectivity index (χ3v) is 16.8. The first-order chi connectivity index (χ1) is 22.4. The Hall–Kier alpha value is -0.890. The lowest BCUT2D eigenvalue weighted by Crippen LogP contribution is -2.64. The molecule has 0 bridgehead atoms. The molecular formula is C37H56O11. The summed E-state index contributed by atoms with van der Waals surface area (Å²) in [4.78, 5) is 12.9. The van der Waals surface area contributed by atoms with Crippen LogP contribution in [0, 0.1) is 50.7 Å². The Kier molecular flexibility index (Phi) is 6.70. The lowest BCUT2D eigenvalue weighted by atomic mass is 9.41. The number of hydrogen-bond acceptors (Lipinski definition) is 11. The van der Waals surface area contributed by atoms with E-state index in [1.807, 2.05) is 6.92 Å². The van der Waals surface area contributed by atoms with Crippen LogP contribution >= 0.6 is 0 Å². The topological polar surface area (TPSA) is 157 Å². The lowest BCUT2D eigenvalue weighted by Gasteiger charge is -2.65. The van der Waals surface area contributed by atoms with E-state index in [1.165, 1.54) is 0 Å². The largest absolute Gasteiger partial charge is 0.462 e. The summed E-state index contributed by atoms with van der Waals surface area (Å²) in [5, 5.41) is 41.7. The molecule has 4 N–H and O–H groups in total. The smallest absolute Gasteiger partial charge is 0.302 e. The number of esters is 1. The molecule has 0 radical (unpaired) electrons. The SMILES string of the molecule is CC(=O)OC1C[C@@]23C[C@@]24CCC(OC2OCC(O)C(O)C2O)C(C)(C)[C@@H]4CC[C@H]3[C@]2(C)CC3O[C@]4(CC(C)[C@@H]3[C@@]12C)OC(O)[C@@]1(C)OC41. The molecule has 9 rings (SSSR count). The van der Waals surface area contributed by atoms with Gasteiger partial charge in [0.2, 0.25) is 5.79 Å². The van der Waals surface area contributed by atoms with E-state index in [0.29, 0.717) is 18.3 Å². The third kappa shape index (κ3) is 3.74. The number of carbonyl (C=O) groups is 1. The summed E-state index contributed by atoms with van der Waals surface area (Å²) >= 11 is 0. The van der Waals surface area contributed by atoms with Crippen LogP contribution in [0.1, 0.15) is 99.8 Å². The van der Waals surface area contributed by atoms with E-state index in [2.05, 4.69) is 34.6 Å². The summed E-state index contributed by atoms with van der Waals surface area (Å²) < 4.78 is 37.9. The quantitative estimate of drug-likeness (QED) is 0.198. The number of carbonyl (C=O) groups excluding carboxylic acids is 1. The molecule has 0 aromatic rings. The molecule has 4 aliphatic heterocycles. The van der Waals surface area contributed by atoms with E-state index in [-0.39, 0.29) is 75.9 Å². The molecule has 5 aliphatic carbocycles. The molecule has 3 spiro atoms. The highest BCUT2D eigenvalue weighted by molar-refractivity contribution is 5.66. The molecule has 9 aliphatic rings. The monoisotopic (exact) mass is 676 g/mol. The van der Waals surface area contributed by atoms with Crippen LogP contribution in [0.2, 0.25) is 0 Å². The molecule has 10 unspecified atom stereocenters. The number of aliphatic hydroxyl groups is 4. The maximum atomic E-state index is 12.9. The summed E-state index contributed by atoms with van der Waals surface area (Å²) in [7, 11) is 0. The van der Waals surface area contributed by atoms with Crippen LogP contribution in [0.5, 0.6) is 0 Å². The fraction of sp³-hybridized carbons (Fsp3) is 0.973. The zero-order valence-electron chi connectivity index (χ0n) is 29.5. The molecule has 9 fully saturated rings. The molecule has 11 heteroatoms. The average molecular weight is 677 g/mol. The number of fused-ring (bicyclic) bond motifs is 6. The van der Waals surface area contributed by atoms with Gasteiger partial charge in [0.25, 0.3) is 0 Å². The highest BCUT2D eigenvalue weighted by atomic mass is 16.8. The van der Waals surface area contributed by atoms with E-state index in [4.69, 9.17) is 28.4 Å². The number of ether oxygens (including phenoxy) is 6. The Bertz CT molecular complexity index is 1390. The first-order valence-electron chi connectivity index (χ1n) is 18.6. The lowest BCUT2D eigenvalue weighted by molar-refractivity contribution is -0.346. The second kappa shape index (κ2) is 9.75. The van der Waals surface area contributed by atoms with Crippen molar-refractivity contribution >= 4 is 5.97 Å². The fourth-order valence-corrected chi connectivity index (χ4v) is 14.6. The van der Waals surface area contributed by atoms with Gasteiger partial charge in [-0.05, 0) is 97.2 Å². The van der Waals surface area contributed by atoms with Crippen molar-refractivity contribution in [1.29, 1.82) is 0 Å². The van der Waals surface area contributed by atoms with Crippen molar-refractivity contribution in [2.45, 2.75) is 167 Å². The summed E-state index contributed by atoms with van der Waals surface area (Å²) in [5.41, 5.74) is -1.23. The van der Waals surface area contributed by atoms with E-state index in [9.17, 15) is 25.2 Å². The number of rotatable bonds is 3. The van der Waals surface area contributed by atoms with Crippen LogP contribution in [-0.4, -0.2) is 99.7 Å². The predicted molar refractivity (Wildman–Crippen MR) is 168 cm³/mol. The molecule has 4 saturated heterocycles. The Morgan fingerprint density at radius 1 is 0.833 bits per heavy atom. The molecule has 4 heterocycles.